The molecule has 1 unspecified atom stereocenters. The highest BCUT2D eigenvalue weighted by atomic mass is 32.1. The van der Waals surface area contributed by atoms with E-state index in [1.165, 1.54) is 17.0 Å². The van der Waals surface area contributed by atoms with Gasteiger partial charge in [0.05, 0.1) is 5.54 Å². The van der Waals surface area contributed by atoms with E-state index in [1.807, 2.05) is 19.1 Å². The van der Waals surface area contributed by atoms with Crippen LogP contribution in [0.2, 0.25) is 0 Å². The van der Waals surface area contributed by atoms with Gasteiger partial charge in [-0.05, 0) is 43.2 Å². The van der Waals surface area contributed by atoms with E-state index in [4.69, 9.17) is 5.73 Å². The number of hydrogen-bond acceptors (Lipinski definition) is 2. The Morgan fingerprint density at radius 2 is 2.06 bits per heavy atom. The Kier molecular flexibility index (Phi) is 3.31. The summed E-state index contributed by atoms with van der Waals surface area (Å²) in [6.45, 7) is 4.08. The summed E-state index contributed by atoms with van der Waals surface area (Å²) in [5, 5.41) is 0. The largest absolute Gasteiger partial charge is 0.317 e. The molecule has 0 aliphatic rings. The molecule has 0 aliphatic heterocycles. The van der Waals surface area contributed by atoms with Crippen molar-refractivity contribution in [1.82, 2.24) is 0 Å². The minimum absolute atomic E-state index is 0.237. The van der Waals surface area contributed by atoms with Gasteiger partial charge in [-0.3, -0.25) is 0 Å². The van der Waals surface area contributed by atoms with Crippen LogP contribution in [0.4, 0.5) is 4.39 Å². The van der Waals surface area contributed by atoms with Crippen molar-refractivity contribution in [1.29, 1.82) is 0 Å². The Labute approximate surface area is 105 Å². The van der Waals surface area contributed by atoms with Gasteiger partial charge in [0.25, 0.3) is 0 Å². The first-order chi connectivity index (χ1) is 8.06. The Morgan fingerprint density at radius 3 is 2.59 bits per heavy atom. The highest BCUT2D eigenvalue weighted by Crippen LogP contribution is 2.34. The van der Waals surface area contributed by atoms with E-state index >= 15 is 0 Å². The number of thiophene rings is 1. The number of benzene rings is 1. The number of halogens is 1. The summed E-state index contributed by atoms with van der Waals surface area (Å²) < 4.78 is 13.3. The first kappa shape index (κ1) is 12.3. The number of rotatable bonds is 3. The Bertz CT molecular complexity index is 520. The molecule has 90 valence electrons. The van der Waals surface area contributed by atoms with Gasteiger partial charge in [-0.1, -0.05) is 19.1 Å². The summed E-state index contributed by atoms with van der Waals surface area (Å²) in [6.07, 6.45) is 0.746. The lowest BCUT2D eigenvalue weighted by molar-refractivity contribution is 0.522. The molecule has 0 amide bonds. The summed E-state index contributed by atoms with van der Waals surface area (Å²) in [6, 6.07) is 10.7. The molecule has 2 rings (SSSR count). The molecule has 0 radical (unpaired) electrons. The highest BCUT2D eigenvalue weighted by Gasteiger charge is 2.29. The van der Waals surface area contributed by atoms with E-state index in [1.54, 1.807) is 17.4 Å². The van der Waals surface area contributed by atoms with Crippen LogP contribution in [0.5, 0.6) is 0 Å². The van der Waals surface area contributed by atoms with Gasteiger partial charge in [-0.25, -0.2) is 4.39 Å². The van der Waals surface area contributed by atoms with Gasteiger partial charge in [0.15, 0.2) is 0 Å². The van der Waals surface area contributed by atoms with E-state index in [9.17, 15) is 4.39 Å². The van der Waals surface area contributed by atoms with Crippen molar-refractivity contribution in [2.75, 3.05) is 0 Å². The first-order valence-corrected chi connectivity index (χ1v) is 6.50. The average Bonchev–Trinajstić information content (AvgIpc) is 2.75. The van der Waals surface area contributed by atoms with Gasteiger partial charge in [-0.2, -0.15) is 0 Å². The Morgan fingerprint density at radius 1 is 1.29 bits per heavy atom. The molecule has 2 aromatic rings. The van der Waals surface area contributed by atoms with E-state index in [0.29, 0.717) is 0 Å². The second kappa shape index (κ2) is 4.59. The van der Waals surface area contributed by atoms with Gasteiger partial charge in [0, 0.05) is 9.75 Å². The molecule has 0 aliphatic carbocycles. The molecule has 1 aromatic carbocycles. The summed E-state index contributed by atoms with van der Waals surface area (Å²) in [7, 11) is 0. The molecule has 2 N–H and O–H groups in total. The standard InChI is InChI=1S/C14H16FNS/c1-3-14(16,13-8-7-10(2)17-13)11-5-4-6-12(15)9-11/h4-9H,3,16H2,1-2H3. The maximum Gasteiger partial charge on any atom is 0.123 e. The predicted octanol–water partition coefficient (Wildman–Crippen LogP) is 3.81. The lowest BCUT2D eigenvalue weighted by atomic mass is 9.87. The van der Waals surface area contributed by atoms with Crippen LogP contribution in [0.1, 0.15) is 28.7 Å². The number of nitrogens with two attached hydrogens (primary N) is 1. The summed E-state index contributed by atoms with van der Waals surface area (Å²) >= 11 is 1.67. The first-order valence-electron chi connectivity index (χ1n) is 5.68. The van der Waals surface area contributed by atoms with Crippen molar-refractivity contribution in [2.24, 2.45) is 5.73 Å². The van der Waals surface area contributed by atoms with Crippen LogP contribution >= 0.6 is 11.3 Å². The maximum absolute atomic E-state index is 13.3. The fourth-order valence-electron chi connectivity index (χ4n) is 1.96. The van der Waals surface area contributed by atoms with Crippen LogP contribution in [0, 0.1) is 12.7 Å². The van der Waals surface area contributed by atoms with Gasteiger partial charge < -0.3 is 5.73 Å². The number of hydrogen-bond donors (Lipinski definition) is 1. The van der Waals surface area contributed by atoms with E-state index in [2.05, 4.69) is 13.0 Å². The molecule has 1 atom stereocenters. The van der Waals surface area contributed by atoms with Crippen LogP contribution in [-0.2, 0) is 5.54 Å². The zero-order chi connectivity index (χ0) is 12.5. The molecule has 0 fully saturated rings. The van der Waals surface area contributed by atoms with Crippen molar-refractivity contribution in [3.8, 4) is 0 Å². The Balaban J connectivity index is 2.51. The molecule has 0 bridgehead atoms. The zero-order valence-electron chi connectivity index (χ0n) is 10.0. The maximum atomic E-state index is 13.3. The van der Waals surface area contributed by atoms with Gasteiger partial charge >= 0.3 is 0 Å². The molecular formula is C14H16FNS. The minimum atomic E-state index is -0.582. The molecule has 1 aromatic heterocycles. The van der Waals surface area contributed by atoms with E-state index in [-0.39, 0.29) is 5.82 Å². The van der Waals surface area contributed by atoms with E-state index < -0.39 is 5.54 Å². The van der Waals surface area contributed by atoms with E-state index in [0.717, 1.165) is 16.9 Å². The highest BCUT2D eigenvalue weighted by molar-refractivity contribution is 7.12. The summed E-state index contributed by atoms with van der Waals surface area (Å²) in [5.41, 5.74) is 6.72. The fourth-order valence-corrected chi connectivity index (χ4v) is 3.02. The van der Waals surface area contributed by atoms with Crippen molar-refractivity contribution < 1.29 is 4.39 Å². The molecule has 0 spiro atoms. The SMILES string of the molecule is CCC(N)(c1cccc(F)c1)c1ccc(C)s1. The zero-order valence-corrected chi connectivity index (χ0v) is 10.9. The fraction of sp³-hybridized carbons (Fsp3) is 0.286. The van der Waals surface area contributed by atoms with Crippen LogP contribution in [0.25, 0.3) is 0 Å². The van der Waals surface area contributed by atoms with Crippen molar-refractivity contribution >= 4 is 11.3 Å². The monoisotopic (exact) mass is 249 g/mol. The summed E-state index contributed by atoms with van der Waals surface area (Å²) in [5.74, 6) is -0.237. The number of aryl methyl sites for hydroxylation is 1. The van der Waals surface area contributed by atoms with Gasteiger partial charge in [-0.15, -0.1) is 11.3 Å². The molecule has 17 heavy (non-hydrogen) atoms. The van der Waals surface area contributed by atoms with Gasteiger partial charge in [0.2, 0.25) is 0 Å². The smallest absolute Gasteiger partial charge is 0.123 e. The summed E-state index contributed by atoms with van der Waals surface area (Å²) in [4.78, 5) is 2.31. The van der Waals surface area contributed by atoms with Crippen molar-refractivity contribution in [3.63, 3.8) is 0 Å². The molecule has 0 saturated heterocycles. The van der Waals surface area contributed by atoms with Crippen molar-refractivity contribution in [2.45, 2.75) is 25.8 Å². The van der Waals surface area contributed by atoms with Crippen LogP contribution in [0.15, 0.2) is 36.4 Å². The molecule has 1 nitrogen and oxygen atoms in total. The molecule has 0 saturated carbocycles. The molecule has 3 heteroatoms. The molecule has 1 heterocycles. The van der Waals surface area contributed by atoms with Gasteiger partial charge in [0.1, 0.15) is 5.82 Å². The van der Waals surface area contributed by atoms with Crippen molar-refractivity contribution in [3.05, 3.63) is 57.5 Å². The Hall–Kier alpha value is -1.19. The molecular weight excluding hydrogens is 233 g/mol. The third-order valence-electron chi connectivity index (χ3n) is 3.08. The van der Waals surface area contributed by atoms with Crippen LogP contribution in [-0.4, -0.2) is 0 Å². The lowest BCUT2D eigenvalue weighted by Crippen LogP contribution is -2.36. The second-order valence-corrected chi connectivity index (χ2v) is 5.53. The quantitative estimate of drug-likeness (QED) is 0.879. The second-order valence-electron chi connectivity index (χ2n) is 4.25. The topological polar surface area (TPSA) is 26.0 Å². The lowest BCUT2D eigenvalue weighted by Gasteiger charge is -2.27. The third-order valence-corrected chi connectivity index (χ3v) is 4.26. The third kappa shape index (κ3) is 2.26. The normalized spacial score (nSPS) is 14.6. The predicted molar refractivity (Wildman–Crippen MR) is 70.7 cm³/mol. The average molecular weight is 249 g/mol. The minimum Gasteiger partial charge on any atom is -0.317 e. The van der Waals surface area contributed by atoms with Crippen LogP contribution in [0.3, 0.4) is 0 Å². The van der Waals surface area contributed by atoms with Crippen LogP contribution < -0.4 is 5.73 Å².